The summed E-state index contributed by atoms with van der Waals surface area (Å²) >= 11 is 0. The van der Waals surface area contributed by atoms with Gasteiger partial charge < -0.3 is 10.0 Å². The van der Waals surface area contributed by atoms with E-state index in [0.717, 1.165) is 32.5 Å². The summed E-state index contributed by atoms with van der Waals surface area (Å²) in [5.74, 6) is -0.873. The lowest BCUT2D eigenvalue weighted by Crippen LogP contribution is -2.27. The van der Waals surface area contributed by atoms with Crippen LogP contribution in [0, 0.1) is 5.92 Å². The van der Waals surface area contributed by atoms with Gasteiger partial charge in [0.1, 0.15) is 0 Å². The molecule has 15 heavy (non-hydrogen) atoms. The van der Waals surface area contributed by atoms with E-state index in [9.17, 15) is 4.79 Å². The Morgan fingerprint density at radius 1 is 1.20 bits per heavy atom. The molecule has 1 atom stereocenters. The lowest BCUT2D eigenvalue weighted by atomic mass is 10.1. The Labute approximate surface area is 93.5 Å². The van der Waals surface area contributed by atoms with E-state index in [0.29, 0.717) is 0 Å². The zero-order valence-corrected chi connectivity index (χ0v) is 10.3. The minimum atomic E-state index is -0.674. The summed E-state index contributed by atoms with van der Waals surface area (Å²) < 4.78 is 0. The first-order valence-corrected chi connectivity index (χ1v) is 6.06. The molecule has 0 aromatic carbocycles. The molecule has 0 amide bonds. The molecule has 0 rings (SSSR count). The van der Waals surface area contributed by atoms with Gasteiger partial charge in [-0.3, -0.25) is 4.79 Å². The number of aliphatic carboxylic acids is 1. The van der Waals surface area contributed by atoms with E-state index in [1.165, 1.54) is 12.8 Å². The van der Waals surface area contributed by atoms with Gasteiger partial charge in [-0.25, -0.2) is 0 Å². The Morgan fingerprint density at radius 3 is 2.13 bits per heavy atom. The van der Waals surface area contributed by atoms with Crippen LogP contribution in [0.4, 0.5) is 0 Å². The van der Waals surface area contributed by atoms with E-state index in [1.54, 1.807) is 6.92 Å². The zero-order chi connectivity index (χ0) is 11.7. The van der Waals surface area contributed by atoms with Crippen molar-refractivity contribution in [1.82, 2.24) is 4.90 Å². The predicted molar refractivity (Wildman–Crippen MR) is 63.1 cm³/mol. The Hall–Kier alpha value is -0.570. The van der Waals surface area contributed by atoms with Crippen LogP contribution in [-0.2, 0) is 4.79 Å². The van der Waals surface area contributed by atoms with E-state index in [-0.39, 0.29) is 5.92 Å². The van der Waals surface area contributed by atoms with Crippen LogP contribution in [0.25, 0.3) is 0 Å². The third-order valence-electron chi connectivity index (χ3n) is 2.61. The van der Waals surface area contributed by atoms with Gasteiger partial charge in [0.25, 0.3) is 0 Å². The van der Waals surface area contributed by atoms with Gasteiger partial charge in [-0.1, -0.05) is 20.8 Å². The summed E-state index contributed by atoms with van der Waals surface area (Å²) in [6.45, 7) is 9.46. The normalized spacial score (nSPS) is 13.1. The van der Waals surface area contributed by atoms with Crippen LogP contribution < -0.4 is 0 Å². The maximum atomic E-state index is 10.6. The second-order valence-electron chi connectivity index (χ2n) is 4.22. The molecule has 0 aromatic rings. The number of carboxylic acids is 1. The van der Waals surface area contributed by atoms with E-state index >= 15 is 0 Å². The first-order chi connectivity index (χ1) is 7.11. The topological polar surface area (TPSA) is 40.5 Å². The van der Waals surface area contributed by atoms with Crippen LogP contribution in [0.5, 0.6) is 0 Å². The molecule has 0 radical (unpaired) electrons. The monoisotopic (exact) mass is 215 g/mol. The molecule has 3 heteroatoms. The molecular formula is C12H25NO2. The minimum absolute atomic E-state index is 0.199. The van der Waals surface area contributed by atoms with E-state index in [2.05, 4.69) is 18.7 Å². The van der Waals surface area contributed by atoms with Crippen molar-refractivity contribution in [2.75, 3.05) is 19.6 Å². The van der Waals surface area contributed by atoms with Gasteiger partial charge >= 0.3 is 5.97 Å². The van der Waals surface area contributed by atoms with Gasteiger partial charge in [0.05, 0.1) is 5.92 Å². The van der Waals surface area contributed by atoms with Crippen molar-refractivity contribution in [3.63, 3.8) is 0 Å². The molecule has 0 bridgehead atoms. The Balaban J connectivity index is 3.64. The molecule has 0 saturated carbocycles. The lowest BCUT2D eigenvalue weighted by molar-refractivity contribution is -0.141. The molecule has 1 unspecified atom stereocenters. The maximum absolute atomic E-state index is 10.6. The van der Waals surface area contributed by atoms with Gasteiger partial charge in [0.15, 0.2) is 0 Å². The highest BCUT2D eigenvalue weighted by Gasteiger charge is 2.11. The molecule has 0 aromatic heterocycles. The fourth-order valence-corrected chi connectivity index (χ4v) is 1.71. The smallest absolute Gasteiger partial charge is 0.306 e. The molecule has 0 aliphatic carbocycles. The SMILES string of the molecule is CCCN(CCC)CCCC(C)C(=O)O. The Kier molecular flexibility index (Phi) is 8.38. The van der Waals surface area contributed by atoms with Crippen LogP contribution in [0.3, 0.4) is 0 Å². The first-order valence-electron chi connectivity index (χ1n) is 6.06. The van der Waals surface area contributed by atoms with Crippen molar-refractivity contribution in [1.29, 1.82) is 0 Å². The minimum Gasteiger partial charge on any atom is -0.481 e. The fourth-order valence-electron chi connectivity index (χ4n) is 1.71. The van der Waals surface area contributed by atoms with Crippen molar-refractivity contribution in [2.24, 2.45) is 5.92 Å². The maximum Gasteiger partial charge on any atom is 0.306 e. The first kappa shape index (κ1) is 14.4. The molecule has 3 nitrogen and oxygen atoms in total. The summed E-state index contributed by atoms with van der Waals surface area (Å²) in [6, 6.07) is 0. The number of rotatable bonds is 9. The van der Waals surface area contributed by atoms with Crippen LogP contribution in [0.2, 0.25) is 0 Å². The van der Waals surface area contributed by atoms with Gasteiger partial charge in [0.2, 0.25) is 0 Å². The average molecular weight is 215 g/mol. The van der Waals surface area contributed by atoms with Crippen LogP contribution in [-0.4, -0.2) is 35.6 Å². The molecule has 0 fully saturated rings. The third-order valence-corrected chi connectivity index (χ3v) is 2.61. The molecule has 90 valence electrons. The number of hydrogen-bond acceptors (Lipinski definition) is 2. The van der Waals surface area contributed by atoms with Gasteiger partial charge in [-0.05, 0) is 45.3 Å². The number of carboxylic acid groups (broad SMARTS) is 1. The predicted octanol–water partition coefficient (Wildman–Crippen LogP) is 2.61. The van der Waals surface area contributed by atoms with Crippen molar-refractivity contribution in [3.8, 4) is 0 Å². The third kappa shape index (κ3) is 7.37. The molecule has 0 aliphatic heterocycles. The Morgan fingerprint density at radius 2 is 1.73 bits per heavy atom. The summed E-state index contributed by atoms with van der Waals surface area (Å²) in [5.41, 5.74) is 0. The second-order valence-corrected chi connectivity index (χ2v) is 4.22. The highest BCUT2D eigenvalue weighted by atomic mass is 16.4. The van der Waals surface area contributed by atoms with Crippen LogP contribution in [0.15, 0.2) is 0 Å². The standard InChI is InChI=1S/C12H25NO2/c1-4-8-13(9-5-2)10-6-7-11(3)12(14)15/h11H,4-10H2,1-3H3,(H,14,15). The molecule has 0 heterocycles. The summed E-state index contributed by atoms with van der Waals surface area (Å²) in [5, 5.41) is 8.74. The average Bonchev–Trinajstić information content (AvgIpc) is 2.18. The van der Waals surface area contributed by atoms with Crippen molar-refractivity contribution < 1.29 is 9.90 Å². The number of carbonyl (C=O) groups is 1. The van der Waals surface area contributed by atoms with Gasteiger partial charge in [-0.2, -0.15) is 0 Å². The van der Waals surface area contributed by atoms with Crippen molar-refractivity contribution >= 4 is 5.97 Å². The highest BCUT2D eigenvalue weighted by molar-refractivity contribution is 5.69. The van der Waals surface area contributed by atoms with Gasteiger partial charge in [-0.15, -0.1) is 0 Å². The molecule has 0 spiro atoms. The van der Waals surface area contributed by atoms with Crippen molar-refractivity contribution in [3.05, 3.63) is 0 Å². The molecule has 0 aliphatic rings. The molecular weight excluding hydrogens is 190 g/mol. The summed E-state index contributed by atoms with van der Waals surface area (Å²) in [6.07, 6.45) is 4.13. The number of hydrogen-bond donors (Lipinski definition) is 1. The second kappa shape index (κ2) is 8.72. The summed E-state index contributed by atoms with van der Waals surface area (Å²) in [4.78, 5) is 13.0. The van der Waals surface area contributed by atoms with E-state index in [1.807, 2.05) is 0 Å². The fraction of sp³-hybridized carbons (Fsp3) is 0.917. The lowest BCUT2D eigenvalue weighted by Gasteiger charge is -2.21. The van der Waals surface area contributed by atoms with Crippen molar-refractivity contribution in [2.45, 2.75) is 46.5 Å². The molecule has 1 N–H and O–H groups in total. The zero-order valence-electron chi connectivity index (χ0n) is 10.3. The van der Waals surface area contributed by atoms with Crippen LogP contribution in [0.1, 0.15) is 46.5 Å². The summed E-state index contributed by atoms with van der Waals surface area (Å²) in [7, 11) is 0. The van der Waals surface area contributed by atoms with Crippen LogP contribution >= 0.6 is 0 Å². The molecule has 0 saturated heterocycles. The van der Waals surface area contributed by atoms with Gasteiger partial charge in [0, 0.05) is 0 Å². The van der Waals surface area contributed by atoms with E-state index in [4.69, 9.17) is 5.11 Å². The number of nitrogens with zero attached hydrogens (tertiary/aromatic N) is 1. The highest BCUT2D eigenvalue weighted by Crippen LogP contribution is 2.07. The largest absolute Gasteiger partial charge is 0.481 e. The van der Waals surface area contributed by atoms with E-state index < -0.39 is 5.97 Å². The Bertz CT molecular complexity index is 165. The quantitative estimate of drug-likeness (QED) is 0.642.